The highest BCUT2D eigenvalue weighted by Gasteiger charge is 2.37. The summed E-state index contributed by atoms with van der Waals surface area (Å²) in [6, 6.07) is 46.0. The molecular weight excluding hydrogens is 633 g/mol. The summed E-state index contributed by atoms with van der Waals surface area (Å²) in [4.78, 5) is 3.32. The van der Waals surface area contributed by atoms with E-state index >= 15 is 0 Å². The Hall–Kier alpha value is -5.93. The van der Waals surface area contributed by atoms with Gasteiger partial charge in [-0.05, 0) is 68.3 Å². The number of rotatable bonds is 6. The SMILES string of the molecule is O=S(=O)([O-])C(F)(F)F.c1ccc(-n2n[n+](-c3ccccc3)nc2-c2ccc(-c3n[n+](-c4ccccc4)nn3-c3ccccc3)[cH-]2)cc1. The molecule has 0 radical (unpaired) electrons. The summed E-state index contributed by atoms with van der Waals surface area (Å²) in [6.07, 6.45) is 0. The van der Waals surface area contributed by atoms with Crippen molar-refractivity contribution in [2.75, 3.05) is 0 Å². The number of tetrazole rings is 2. The number of benzene rings is 4. The van der Waals surface area contributed by atoms with Crippen LogP contribution in [0.5, 0.6) is 0 Å². The molecule has 0 amide bonds. The lowest BCUT2D eigenvalue weighted by Crippen LogP contribution is -2.36. The Morgan fingerprint density at radius 2 is 0.894 bits per heavy atom. The van der Waals surface area contributed by atoms with Gasteiger partial charge in [0.15, 0.2) is 21.5 Å². The standard InChI is InChI=1S/C31H23N8.CHF3O3S/c1-5-13-26(14-6-1)36-30(32-38(34-36)28-17-9-3-10-18-28)24-21-22-25(23-24)31-33-39(29-19-11-4-12-20-29)35-37(31)27-15-7-2-8-16-27;2-1(3,4)8(5,6)7/h1-23H;(H,5,6,7)/q+1;/p-1. The van der Waals surface area contributed by atoms with E-state index in [-0.39, 0.29) is 0 Å². The first-order valence-corrected chi connectivity index (χ1v) is 15.3. The molecule has 0 aliphatic rings. The van der Waals surface area contributed by atoms with Crippen LogP contribution in [0, 0.1) is 0 Å². The fourth-order valence-corrected chi connectivity index (χ4v) is 4.47. The summed E-state index contributed by atoms with van der Waals surface area (Å²) in [5, 5.41) is 19.4. The van der Waals surface area contributed by atoms with Crippen molar-refractivity contribution in [1.29, 1.82) is 0 Å². The van der Waals surface area contributed by atoms with Crippen LogP contribution >= 0.6 is 0 Å². The largest absolute Gasteiger partial charge is 0.741 e. The van der Waals surface area contributed by atoms with Crippen molar-refractivity contribution in [2.45, 2.75) is 5.51 Å². The van der Waals surface area contributed by atoms with E-state index < -0.39 is 15.6 Å². The molecule has 5 aromatic carbocycles. The van der Waals surface area contributed by atoms with Crippen LogP contribution in [0.25, 0.3) is 45.5 Å². The number of para-hydroxylation sites is 4. The monoisotopic (exact) mass is 656 g/mol. The van der Waals surface area contributed by atoms with E-state index in [2.05, 4.69) is 6.07 Å². The number of hydrogen-bond acceptors (Lipinski definition) is 7. The van der Waals surface area contributed by atoms with Crippen molar-refractivity contribution in [3.8, 4) is 45.5 Å². The predicted octanol–water partition coefficient (Wildman–Crippen LogP) is 4.51. The molecule has 0 unspecified atom stereocenters. The molecule has 15 heteroatoms. The Labute approximate surface area is 266 Å². The Balaban J connectivity index is 0.000000431. The normalized spacial score (nSPS) is 11.6. The van der Waals surface area contributed by atoms with E-state index in [1.165, 1.54) is 0 Å². The maximum atomic E-state index is 10.7. The van der Waals surface area contributed by atoms with E-state index in [1.54, 1.807) is 9.59 Å². The van der Waals surface area contributed by atoms with E-state index in [1.807, 2.05) is 143 Å². The van der Waals surface area contributed by atoms with Crippen molar-refractivity contribution >= 4 is 10.1 Å². The number of aromatic nitrogens is 8. The Kier molecular flexibility index (Phi) is 8.48. The Morgan fingerprint density at radius 1 is 0.574 bits per heavy atom. The van der Waals surface area contributed by atoms with Crippen molar-refractivity contribution < 1.29 is 35.7 Å². The zero-order valence-electron chi connectivity index (χ0n) is 24.1. The van der Waals surface area contributed by atoms with Crippen LogP contribution in [-0.4, -0.2) is 48.5 Å². The number of halogens is 3. The fraction of sp³-hybridized carbons (Fsp3) is 0.0312. The van der Waals surface area contributed by atoms with Gasteiger partial charge in [0.2, 0.25) is 11.6 Å². The van der Waals surface area contributed by atoms with Crippen LogP contribution in [0.15, 0.2) is 140 Å². The van der Waals surface area contributed by atoms with Crippen LogP contribution in [0.3, 0.4) is 0 Å². The summed E-state index contributed by atoms with van der Waals surface area (Å²) in [7, 11) is -6.09. The van der Waals surface area contributed by atoms with Crippen molar-refractivity contribution in [1.82, 2.24) is 30.0 Å². The van der Waals surface area contributed by atoms with Gasteiger partial charge in [-0.1, -0.05) is 83.9 Å². The first-order chi connectivity index (χ1) is 22.6. The molecule has 0 aliphatic carbocycles. The lowest BCUT2D eigenvalue weighted by atomic mass is 10.2. The maximum Gasteiger partial charge on any atom is 0.485 e. The highest BCUT2D eigenvalue weighted by molar-refractivity contribution is 7.86. The summed E-state index contributed by atoms with van der Waals surface area (Å²) in [5.41, 5.74) is -0.193. The predicted molar refractivity (Wildman–Crippen MR) is 162 cm³/mol. The minimum Gasteiger partial charge on any atom is -0.741 e. The Morgan fingerprint density at radius 3 is 1.21 bits per heavy atom. The molecule has 0 saturated heterocycles. The van der Waals surface area contributed by atoms with Gasteiger partial charge in [-0.25, -0.2) is 8.42 Å². The second-order valence-electron chi connectivity index (χ2n) is 9.86. The fourth-order valence-electron chi connectivity index (χ4n) is 4.47. The van der Waals surface area contributed by atoms with E-state index in [0.717, 1.165) is 45.5 Å². The first-order valence-electron chi connectivity index (χ1n) is 13.9. The van der Waals surface area contributed by atoms with E-state index in [9.17, 15) is 13.2 Å². The number of hydrogen-bond donors (Lipinski definition) is 0. The van der Waals surface area contributed by atoms with Gasteiger partial charge in [0.25, 0.3) is 0 Å². The third-order valence-corrected chi connectivity index (χ3v) is 7.22. The van der Waals surface area contributed by atoms with Gasteiger partial charge in [0.05, 0.1) is 0 Å². The molecule has 0 aliphatic heterocycles. The molecule has 11 nitrogen and oxygen atoms in total. The maximum absolute atomic E-state index is 10.7. The summed E-state index contributed by atoms with van der Waals surface area (Å²) in [6.45, 7) is 0. The average molecular weight is 657 g/mol. The molecule has 7 aromatic rings. The molecule has 0 bridgehead atoms. The molecule has 2 heterocycles. The van der Waals surface area contributed by atoms with Crippen LogP contribution < -0.4 is 9.59 Å². The molecule has 0 N–H and O–H groups in total. The van der Waals surface area contributed by atoms with Gasteiger partial charge in [0, 0.05) is 0 Å². The minimum atomic E-state index is -6.09. The van der Waals surface area contributed by atoms with Crippen molar-refractivity contribution in [3.63, 3.8) is 0 Å². The zero-order chi connectivity index (χ0) is 33.0. The van der Waals surface area contributed by atoms with Crippen LogP contribution in [-0.2, 0) is 10.1 Å². The molecule has 2 aromatic heterocycles. The summed E-state index contributed by atoms with van der Waals surface area (Å²) in [5.74, 6) is 1.44. The minimum absolute atomic E-state index is 0.720. The average Bonchev–Trinajstić information content (AvgIpc) is 3.85. The third kappa shape index (κ3) is 6.85. The van der Waals surface area contributed by atoms with Crippen LogP contribution in [0.4, 0.5) is 13.2 Å². The third-order valence-electron chi connectivity index (χ3n) is 6.66. The topological polar surface area (TPSA) is 126 Å². The lowest BCUT2D eigenvalue weighted by Gasteiger charge is -2.08. The molecular formula is C32H23F3N8O3S. The highest BCUT2D eigenvalue weighted by Crippen LogP contribution is 2.28. The Bertz CT molecular complexity index is 2070. The van der Waals surface area contributed by atoms with Gasteiger partial charge >= 0.3 is 5.51 Å². The summed E-state index contributed by atoms with van der Waals surface area (Å²) >= 11 is 0. The molecule has 7 rings (SSSR count). The molecule has 0 fully saturated rings. The van der Waals surface area contributed by atoms with E-state index in [4.69, 9.17) is 33.6 Å². The van der Waals surface area contributed by atoms with Gasteiger partial charge in [-0.15, -0.1) is 27.6 Å². The number of nitrogens with zero attached hydrogens (tertiary/aromatic N) is 8. The molecule has 0 saturated carbocycles. The molecule has 0 spiro atoms. The van der Waals surface area contributed by atoms with E-state index in [0.29, 0.717) is 0 Å². The van der Waals surface area contributed by atoms with Crippen LogP contribution in [0.1, 0.15) is 0 Å². The van der Waals surface area contributed by atoms with Gasteiger partial charge in [0.1, 0.15) is 21.8 Å². The van der Waals surface area contributed by atoms with Gasteiger partial charge in [-0.2, -0.15) is 13.2 Å². The van der Waals surface area contributed by atoms with Crippen molar-refractivity contribution in [2.24, 2.45) is 0 Å². The molecule has 47 heavy (non-hydrogen) atoms. The lowest BCUT2D eigenvalue weighted by molar-refractivity contribution is -0.717. The smallest absolute Gasteiger partial charge is 0.485 e. The van der Waals surface area contributed by atoms with Gasteiger partial charge < -0.3 is 4.55 Å². The van der Waals surface area contributed by atoms with Crippen LogP contribution in [0.2, 0.25) is 0 Å². The molecule has 0 atom stereocenters. The second-order valence-corrected chi connectivity index (χ2v) is 11.2. The first kappa shape index (κ1) is 31.1. The van der Waals surface area contributed by atoms with Gasteiger partial charge in [-0.3, -0.25) is 0 Å². The van der Waals surface area contributed by atoms with Crippen molar-refractivity contribution in [3.05, 3.63) is 140 Å². The number of alkyl halides is 3. The second kappa shape index (κ2) is 12.8. The molecule has 236 valence electrons. The quantitative estimate of drug-likeness (QED) is 0.112. The summed E-state index contributed by atoms with van der Waals surface area (Å²) < 4.78 is 62.6. The highest BCUT2D eigenvalue weighted by atomic mass is 32.2. The zero-order valence-corrected chi connectivity index (χ0v) is 24.9.